The number of benzene rings is 2. The van der Waals surface area contributed by atoms with Crippen LogP contribution in [0.15, 0.2) is 79.2 Å². The van der Waals surface area contributed by atoms with Gasteiger partial charge in [0.2, 0.25) is 0 Å². The second-order valence-corrected chi connectivity index (χ2v) is 6.16. The Morgan fingerprint density at radius 1 is 1.08 bits per heavy atom. The highest BCUT2D eigenvalue weighted by atomic mass is 15.6. The molecule has 0 spiro atoms. The highest BCUT2D eigenvalue weighted by Gasteiger charge is 2.26. The fraction of sp³-hybridized carbons (Fsp3) is 0.150. The molecule has 1 aromatic heterocycles. The van der Waals surface area contributed by atoms with Crippen LogP contribution in [0.25, 0.3) is 5.57 Å². The van der Waals surface area contributed by atoms with Crippen LogP contribution in [0.4, 0.5) is 0 Å². The second-order valence-electron chi connectivity index (χ2n) is 6.16. The fourth-order valence-electron chi connectivity index (χ4n) is 3.31. The van der Waals surface area contributed by atoms with Gasteiger partial charge in [-0.05, 0) is 28.3 Å². The third-order valence-electron chi connectivity index (χ3n) is 4.51. The SMILES string of the molecule is [B]c1cccc(C(C2C=CC(c3ccccc3)=CC2)n2ncnn2)c1. The molecule has 2 unspecified atom stereocenters. The maximum atomic E-state index is 5.98. The summed E-state index contributed by atoms with van der Waals surface area (Å²) in [5, 5.41) is 12.3. The maximum Gasteiger partial charge on any atom is 0.162 e. The van der Waals surface area contributed by atoms with Gasteiger partial charge < -0.3 is 0 Å². The number of hydrogen-bond acceptors (Lipinski definition) is 3. The summed E-state index contributed by atoms with van der Waals surface area (Å²) >= 11 is 0. The molecule has 2 radical (unpaired) electrons. The Morgan fingerprint density at radius 2 is 1.96 bits per heavy atom. The first kappa shape index (κ1) is 15.6. The molecular formula is C20H17BN4. The lowest BCUT2D eigenvalue weighted by Crippen LogP contribution is -2.23. The Morgan fingerprint density at radius 3 is 2.64 bits per heavy atom. The first-order valence-corrected chi connectivity index (χ1v) is 8.33. The summed E-state index contributed by atoms with van der Waals surface area (Å²) in [6, 6.07) is 18.3. The van der Waals surface area contributed by atoms with Crippen LogP contribution in [0, 0.1) is 5.92 Å². The zero-order valence-corrected chi connectivity index (χ0v) is 13.7. The van der Waals surface area contributed by atoms with Crippen molar-refractivity contribution in [1.29, 1.82) is 0 Å². The van der Waals surface area contributed by atoms with E-state index in [4.69, 9.17) is 7.85 Å². The average molecular weight is 324 g/mol. The third kappa shape index (κ3) is 3.31. The smallest absolute Gasteiger partial charge is 0.156 e. The van der Waals surface area contributed by atoms with Crippen LogP contribution in [-0.4, -0.2) is 28.1 Å². The van der Waals surface area contributed by atoms with E-state index in [1.54, 1.807) is 4.80 Å². The quantitative estimate of drug-likeness (QED) is 0.693. The van der Waals surface area contributed by atoms with E-state index in [9.17, 15) is 0 Å². The number of hydrogen-bond donors (Lipinski definition) is 0. The maximum absolute atomic E-state index is 5.98. The Bertz CT molecular complexity index is 900. The summed E-state index contributed by atoms with van der Waals surface area (Å²) < 4.78 is 0. The van der Waals surface area contributed by atoms with Crippen LogP contribution in [0.1, 0.15) is 23.6 Å². The molecule has 0 amide bonds. The molecule has 3 aromatic rings. The van der Waals surface area contributed by atoms with E-state index in [1.807, 2.05) is 24.3 Å². The van der Waals surface area contributed by atoms with Gasteiger partial charge in [-0.3, -0.25) is 0 Å². The van der Waals surface area contributed by atoms with E-state index in [-0.39, 0.29) is 12.0 Å². The van der Waals surface area contributed by atoms with Crippen molar-refractivity contribution in [1.82, 2.24) is 20.2 Å². The first-order valence-electron chi connectivity index (χ1n) is 8.33. The van der Waals surface area contributed by atoms with Crippen molar-refractivity contribution in [3.63, 3.8) is 0 Å². The molecule has 1 aliphatic rings. The average Bonchev–Trinajstić information content (AvgIpc) is 3.18. The summed E-state index contributed by atoms with van der Waals surface area (Å²) in [5.74, 6) is 0.239. The molecule has 0 fully saturated rings. The third-order valence-corrected chi connectivity index (χ3v) is 4.51. The molecule has 4 nitrogen and oxygen atoms in total. The number of rotatable bonds is 4. The zero-order valence-electron chi connectivity index (χ0n) is 13.7. The normalized spacial score (nSPS) is 17.9. The topological polar surface area (TPSA) is 43.6 Å². The van der Waals surface area contributed by atoms with Gasteiger partial charge in [0.15, 0.2) is 6.33 Å². The number of allylic oxidation sites excluding steroid dienone is 4. The summed E-state index contributed by atoms with van der Waals surface area (Å²) in [6.07, 6.45) is 9.06. The van der Waals surface area contributed by atoms with Gasteiger partial charge in [-0.25, -0.2) is 0 Å². The van der Waals surface area contributed by atoms with Gasteiger partial charge in [-0.1, -0.05) is 78.3 Å². The summed E-state index contributed by atoms with van der Waals surface area (Å²) in [5.41, 5.74) is 4.30. The Balaban J connectivity index is 1.64. The molecule has 1 heterocycles. The summed E-state index contributed by atoms with van der Waals surface area (Å²) in [7, 11) is 5.98. The van der Waals surface area contributed by atoms with E-state index in [0.29, 0.717) is 0 Å². The number of nitrogens with zero attached hydrogens (tertiary/aromatic N) is 4. The molecule has 25 heavy (non-hydrogen) atoms. The van der Waals surface area contributed by atoms with E-state index >= 15 is 0 Å². The molecule has 120 valence electrons. The van der Waals surface area contributed by atoms with Crippen LogP contribution in [-0.2, 0) is 0 Å². The minimum Gasteiger partial charge on any atom is -0.156 e. The van der Waals surface area contributed by atoms with Crippen LogP contribution < -0.4 is 5.46 Å². The lowest BCUT2D eigenvalue weighted by atomic mass is 9.83. The summed E-state index contributed by atoms with van der Waals surface area (Å²) in [6.45, 7) is 0. The Hall–Kier alpha value is -2.95. The van der Waals surface area contributed by atoms with Crippen molar-refractivity contribution >= 4 is 18.9 Å². The Kier molecular flexibility index (Phi) is 4.29. The van der Waals surface area contributed by atoms with Gasteiger partial charge in [-0.15, -0.1) is 10.2 Å². The van der Waals surface area contributed by atoms with E-state index in [1.165, 1.54) is 17.5 Å². The van der Waals surface area contributed by atoms with Crippen LogP contribution in [0.5, 0.6) is 0 Å². The van der Waals surface area contributed by atoms with Gasteiger partial charge in [0.1, 0.15) is 13.9 Å². The largest absolute Gasteiger partial charge is 0.162 e. The van der Waals surface area contributed by atoms with Crippen molar-refractivity contribution in [3.05, 3.63) is 90.3 Å². The highest BCUT2D eigenvalue weighted by Crippen LogP contribution is 2.33. The highest BCUT2D eigenvalue weighted by molar-refractivity contribution is 6.32. The molecule has 0 saturated carbocycles. The summed E-state index contributed by atoms with van der Waals surface area (Å²) in [4.78, 5) is 1.67. The molecule has 0 aliphatic heterocycles. The van der Waals surface area contributed by atoms with Crippen molar-refractivity contribution < 1.29 is 0 Å². The van der Waals surface area contributed by atoms with Crippen molar-refractivity contribution in [2.75, 3.05) is 0 Å². The van der Waals surface area contributed by atoms with E-state index in [2.05, 4.69) is 64.0 Å². The first-order chi connectivity index (χ1) is 12.3. The lowest BCUT2D eigenvalue weighted by molar-refractivity contribution is 0.365. The molecular weight excluding hydrogens is 307 g/mol. The van der Waals surface area contributed by atoms with Gasteiger partial charge in [0, 0.05) is 5.92 Å². The van der Waals surface area contributed by atoms with E-state index < -0.39 is 0 Å². The molecule has 2 aromatic carbocycles. The zero-order chi connectivity index (χ0) is 17.1. The minimum atomic E-state index is -0.0316. The molecule has 2 atom stereocenters. The number of tetrazole rings is 1. The predicted molar refractivity (Wildman–Crippen MR) is 99.5 cm³/mol. The van der Waals surface area contributed by atoms with Crippen molar-refractivity contribution in [2.24, 2.45) is 5.92 Å². The number of aromatic nitrogens is 4. The molecule has 0 bridgehead atoms. The lowest BCUT2D eigenvalue weighted by Gasteiger charge is -2.26. The van der Waals surface area contributed by atoms with Crippen LogP contribution >= 0.6 is 0 Å². The fourth-order valence-corrected chi connectivity index (χ4v) is 3.31. The molecule has 0 saturated heterocycles. The van der Waals surface area contributed by atoms with Crippen molar-refractivity contribution in [3.8, 4) is 0 Å². The standard InChI is InChI=1S/C20H17BN4/c21-19-8-4-7-18(13-19)20(25-23-14-22-24-25)17-11-9-16(10-12-17)15-5-2-1-3-6-15/h1-11,13-14,17,20H,12H2. The van der Waals surface area contributed by atoms with Crippen molar-refractivity contribution in [2.45, 2.75) is 12.5 Å². The van der Waals surface area contributed by atoms with Gasteiger partial charge >= 0.3 is 0 Å². The molecule has 0 N–H and O–H groups in total. The molecule has 5 heteroatoms. The van der Waals surface area contributed by atoms with Crippen LogP contribution in [0.2, 0.25) is 0 Å². The second kappa shape index (κ2) is 6.89. The van der Waals surface area contributed by atoms with Crippen LogP contribution in [0.3, 0.4) is 0 Å². The monoisotopic (exact) mass is 324 g/mol. The van der Waals surface area contributed by atoms with Gasteiger partial charge in [-0.2, -0.15) is 4.80 Å². The van der Waals surface area contributed by atoms with Gasteiger partial charge in [0.05, 0.1) is 0 Å². The minimum absolute atomic E-state index is 0.0316. The molecule has 4 rings (SSSR count). The van der Waals surface area contributed by atoms with Gasteiger partial charge in [0.25, 0.3) is 0 Å². The molecule has 1 aliphatic carbocycles. The Labute approximate surface area is 148 Å². The van der Waals surface area contributed by atoms with E-state index in [0.717, 1.165) is 17.4 Å². The predicted octanol–water partition coefficient (Wildman–Crippen LogP) is 2.72.